The molecule has 3 heterocycles. The molecule has 2 aromatic heterocycles. The van der Waals surface area contributed by atoms with Crippen molar-refractivity contribution in [2.75, 3.05) is 0 Å². The molecule has 0 saturated heterocycles. The normalized spacial score (nSPS) is 15.3. The van der Waals surface area contributed by atoms with E-state index in [4.69, 9.17) is 9.98 Å². The maximum Gasteiger partial charge on any atom is 0.169 e. The zero-order chi connectivity index (χ0) is 24.6. The lowest BCUT2D eigenvalue weighted by Gasteiger charge is -2.22. The van der Waals surface area contributed by atoms with E-state index in [1.165, 1.54) is 10.8 Å². The molecule has 1 atom stereocenters. The van der Waals surface area contributed by atoms with Crippen molar-refractivity contribution >= 4 is 33.5 Å². The number of aliphatic imine (C=N–C) groups is 2. The monoisotopic (exact) mass is 477 g/mol. The van der Waals surface area contributed by atoms with Crippen LogP contribution in [0, 0.1) is 0 Å². The predicted octanol–water partition coefficient (Wildman–Crippen LogP) is 6.88. The van der Waals surface area contributed by atoms with Gasteiger partial charge in [0.15, 0.2) is 6.17 Å². The fourth-order valence-electron chi connectivity index (χ4n) is 4.97. The molecule has 6 aromatic rings. The third kappa shape index (κ3) is 3.87. The number of para-hydroxylation sites is 1. The summed E-state index contributed by atoms with van der Waals surface area (Å²) >= 11 is 0. The smallest absolute Gasteiger partial charge is 0.169 e. The number of amidine groups is 2. The van der Waals surface area contributed by atoms with E-state index < -0.39 is 0 Å². The number of hydrogen-bond acceptors (Lipinski definition) is 4. The number of fused-ring (bicyclic) bond motifs is 3. The lowest BCUT2D eigenvalue weighted by atomic mass is 9.99. The summed E-state index contributed by atoms with van der Waals surface area (Å²) in [5, 5.41) is 5.88. The van der Waals surface area contributed by atoms with Crippen molar-refractivity contribution in [1.82, 2.24) is 15.3 Å². The van der Waals surface area contributed by atoms with Crippen LogP contribution in [-0.2, 0) is 0 Å². The zero-order valence-electron chi connectivity index (χ0n) is 20.0. The molecule has 0 amide bonds. The Morgan fingerprint density at radius 3 is 2.08 bits per heavy atom. The molecule has 1 aliphatic rings. The average molecular weight is 478 g/mol. The van der Waals surface area contributed by atoms with Crippen molar-refractivity contribution in [3.63, 3.8) is 0 Å². The number of nitrogens with one attached hydrogen (secondary N) is 2. The highest BCUT2D eigenvalue weighted by Crippen LogP contribution is 2.34. The Balaban J connectivity index is 1.35. The molecule has 2 N–H and O–H groups in total. The molecule has 5 heteroatoms. The maximum absolute atomic E-state index is 5.01. The second-order valence-electron chi connectivity index (χ2n) is 9.09. The number of pyridine rings is 1. The van der Waals surface area contributed by atoms with Crippen LogP contribution in [0.15, 0.2) is 132 Å². The van der Waals surface area contributed by atoms with Gasteiger partial charge < -0.3 is 10.3 Å². The standard InChI is InChI=1S/C32H23N5/c1-3-10-21(11-4-1)30-35-31(22-12-5-2-6-13-22)37-32(36-30)24-18-23(19-33-20-24)25-15-9-17-28-29(25)26-14-7-8-16-27(26)34-28/h1-20,30,34H,(H,35,36,37). The van der Waals surface area contributed by atoms with E-state index >= 15 is 0 Å². The minimum atomic E-state index is -0.339. The SMILES string of the molecule is c1ccc(C2=NC(c3ccccc3)N=C(c3cncc(-c4cccc5[nH]c6ccccc6c45)c3)N2)cc1. The first-order valence-corrected chi connectivity index (χ1v) is 12.3. The molecule has 0 saturated carbocycles. The van der Waals surface area contributed by atoms with Gasteiger partial charge in [-0.1, -0.05) is 91.0 Å². The molecular formula is C32H23N5. The van der Waals surface area contributed by atoms with Gasteiger partial charge in [0.1, 0.15) is 11.7 Å². The van der Waals surface area contributed by atoms with Crippen LogP contribution in [0.4, 0.5) is 0 Å². The van der Waals surface area contributed by atoms with Crippen molar-refractivity contribution in [3.05, 3.63) is 138 Å². The van der Waals surface area contributed by atoms with Gasteiger partial charge in [-0.3, -0.25) is 4.98 Å². The minimum absolute atomic E-state index is 0.339. The van der Waals surface area contributed by atoms with Crippen LogP contribution < -0.4 is 5.32 Å². The first-order chi connectivity index (χ1) is 18.3. The molecule has 0 bridgehead atoms. The fourth-order valence-corrected chi connectivity index (χ4v) is 4.97. The van der Waals surface area contributed by atoms with Crippen LogP contribution in [0.1, 0.15) is 22.9 Å². The molecule has 37 heavy (non-hydrogen) atoms. The number of benzene rings is 4. The van der Waals surface area contributed by atoms with Gasteiger partial charge in [-0.2, -0.15) is 0 Å². The Kier molecular flexibility index (Phi) is 5.10. The first-order valence-electron chi connectivity index (χ1n) is 12.3. The number of hydrogen-bond donors (Lipinski definition) is 2. The van der Waals surface area contributed by atoms with Gasteiger partial charge in [0, 0.05) is 50.9 Å². The molecule has 0 radical (unpaired) electrons. The van der Waals surface area contributed by atoms with E-state index in [2.05, 4.69) is 88.1 Å². The molecule has 0 aliphatic carbocycles. The number of H-pyrrole nitrogens is 1. The van der Waals surface area contributed by atoms with Crippen molar-refractivity contribution in [3.8, 4) is 11.1 Å². The van der Waals surface area contributed by atoms with Crippen LogP contribution in [0.3, 0.4) is 0 Å². The summed E-state index contributed by atoms with van der Waals surface area (Å²) < 4.78 is 0. The summed E-state index contributed by atoms with van der Waals surface area (Å²) in [6, 6.07) is 37.3. The molecule has 176 valence electrons. The van der Waals surface area contributed by atoms with E-state index in [9.17, 15) is 0 Å². The van der Waals surface area contributed by atoms with Gasteiger partial charge in [0.2, 0.25) is 0 Å². The van der Waals surface area contributed by atoms with Gasteiger partial charge in [-0.25, -0.2) is 9.98 Å². The number of aromatic amines is 1. The topological polar surface area (TPSA) is 65.4 Å². The van der Waals surface area contributed by atoms with Crippen LogP contribution >= 0.6 is 0 Å². The van der Waals surface area contributed by atoms with E-state index in [-0.39, 0.29) is 6.17 Å². The molecule has 7 rings (SSSR count). The van der Waals surface area contributed by atoms with Crippen LogP contribution in [-0.4, -0.2) is 21.6 Å². The van der Waals surface area contributed by atoms with Gasteiger partial charge in [-0.15, -0.1) is 0 Å². The minimum Gasteiger partial charge on any atom is -0.354 e. The van der Waals surface area contributed by atoms with E-state index in [1.807, 2.05) is 48.8 Å². The third-order valence-electron chi connectivity index (χ3n) is 6.74. The Labute approximate surface area is 214 Å². The second-order valence-corrected chi connectivity index (χ2v) is 9.09. The molecular weight excluding hydrogens is 454 g/mol. The maximum atomic E-state index is 5.01. The third-order valence-corrected chi connectivity index (χ3v) is 6.74. The Morgan fingerprint density at radius 2 is 1.24 bits per heavy atom. The summed E-state index contributed by atoms with van der Waals surface area (Å²) in [4.78, 5) is 18.1. The van der Waals surface area contributed by atoms with Gasteiger partial charge >= 0.3 is 0 Å². The Morgan fingerprint density at radius 1 is 0.568 bits per heavy atom. The number of rotatable bonds is 4. The van der Waals surface area contributed by atoms with Crippen LogP contribution in [0.5, 0.6) is 0 Å². The quantitative estimate of drug-likeness (QED) is 0.291. The van der Waals surface area contributed by atoms with Crippen molar-refractivity contribution in [1.29, 1.82) is 0 Å². The highest BCUT2D eigenvalue weighted by molar-refractivity contribution is 6.17. The number of aromatic nitrogens is 2. The highest BCUT2D eigenvalue weighted by Gasteiger charge is 2.21. The summed E-state index contributed by atoms with van der Waals surface area (Å²) in [7, 11) is 0. The van der Waals surface area contributed by atoms with E-state index in [0.717, 1.165) is 50.5 Å². The lowest BCUT2D eigenvalue weighted by molar-refractivity contribution is 0.755. The molecule has 0 fully saturated rings. The Hall–Kier alpha value is -5.03. The van der Waals surface area contributed by atoms with Gasteiger partial charge in [0.25, 0.3) is 0 Å². The van der Waals surface area contributed by atoms with E-state index in [0.29, 0.717) is 0 Å². The van der Waals surface area contributed by atoms with Crippen LogP contribution in [0.25, 0.3) is 32.9 Å². The summed E-state index contributed by atoms with van der Waals surface area (Å²) in [6.07, 6.45) is 3.44. The summed E-state index contributed by atoms with van der Waals surface area (Å²) in [6.45, 7) is 0. The molecule has 4 aromatic carbocycles. The molecule has 1 aliphatic heterocycles. The Bertz CT molecular complexity index is 1800. The van der Waals surface area contributed by atoms with Gasteiger partial charge in [-0.05, 0) is 29.3 Å². The van der Waals surface area contributed by atoms with E-state index in [1.54, 1.807) is 0 Å². The summed E-state index contributed by atoms with van der Waals surface area (Å²) in [5.74, 6) is 1.55. The van der Waals surface area contributed by atoms with Crippen molar-refractivity contribution < 1.29 is 0 Å². The summed E-state index contributed by atoms with van der Waals surface area (Å²) in [5.41, 5.74) is 7.39. The second kappa shape index (κ2) is 8.88. The lowest BCUT2D eigenvalue weighted by Crippen LogP contribution is -2.36. The number of nitrogens with zero attached hydrogens (tertiary/aromatic N) is 3. The molecule has 5 nitrogen and oxygen atoms in total. The fraction of sp³-hybridized carbons (Fsp3) is 0.0312. The van der Waals surface area contributed by atoms with Crippen molar-refractivity contribution in [2.24, 2.45) is 9.98 Å². The molecule has 0 spiro atoms. The largest absolute Gasteiger partial charge is 0.354 e. The van der Waals surface area contributed by atoms with Gasteiger partial charge in [0.05, 0.1) is 0 Å². The van der Waals surface area contributed by atoms with Crippen LogP contribution in [0.2, 0.25) is 0 Å². The van der Waals surface area contributed by atoms with Crippen molar-refractivity contribution in [2.45, 2.75) is 6.17 Å². The highest BCUT2D eigenvalue weighted by atomic mass is 15.2. The average Bonchev–Trinajstić information content (AvgIpc) is 3.37. The first kappa shape index (κ1) is 21.3. The zero-order valence-corrected chi connectivity index (χ0v) is 20.0. The predicted molar refractivity (Wildman–Crippen MR) is 151 cm³/mol. The molecule has 1 unspecified atom stereocenters.